The Kier molecular flexibility index (Phi) is 4.29. The van der Waals surface area contributed by atoms with E-state index in [4.69, 9.17) is 4.74 Å². The molecular weight excluding hydrogens is 258 g/mol. The molecule has 0 spiro atoms. The molecule has 2 aromatic rings. The van der Waals surface area contributed by atoms with Gasteiger partial charge >= 0.3 is 6.09 Å². The third-order valence-corrected chi connectivity index (χ3v) is 2.61. The van der Waals surface area contributed by atoms with Crippen LogP contribution in [0.3, 0.4) is 0 Å². The fourth-order valence-corrected chi connectivity index (χ4v) is 1.70. The molecule has 1 N–H and O–H groups in total. The third-order valence-electron chi connectivity index (χ3n) is 2.61. The van der Waals surface area contributed by atoms with Crippen LogP contribution in [0.25, 0.3) is 11.5 Å². The predicted octanol–water partition coefficient (Wildman–Crippen LogP) is 2.49. The molecule has 0 radical (unpaired) electrons. The first-order valence-electron chi connectivity index (χ1n) is 6.42. The van der Waals surface area contributed by atoms with Crippen LogP contribution in [0, 0.1) is 0 Å². The van der Waals surface area contributed by atoms with E-state index in [1.165, 1.54) is 0 Å². The van der Waals surface area contributed by atoms with E-state index >= 15 is 0 Å². The van der Waals surface area contributed by atoms with Crippen LogP contribution in [0.2, 0.25) is 0 Å². The first kappa shape index (κ1) is 14.0. The molecule has 0 saturated carbocycles. The van der Waals surface area contributed by atoms with E-state index in [9.17, 15) is 4.79 Å². The number of carbonyl (C=O) groups is 1. The molecule has 7 heteroatoms. The van der Waals surface area contributed by atoms with Crippen molar-refractivity contribution in [1.29, 1.82) is 0 Å². The molecule has 106 valence electrons. The van der Waals surface area contributed by atoms with Crippen molar-refractivity contribution in [2.45, 2.75) is 26.8 Å². The maximum Gasteiger partial charge on any atom is 0.412 e. The number of rotatable bonds is 4. The van der Waals surface area contributed by atoms with Gasteiger partial charge < -0.3 is 9.30 Å². The zero-order valence-electron chi connectivity index (χ0n) is 11.7. The first-order chi connectivity index (χ1) is 9.61. The average Bonchev–Trinajstić information content (AvgIpc) is 2.88. The number of pyridine rings is 1. The van der Waals surface area contributed by atoms with Gasteiger partial charge in [-0.25, -0.2) is 9.78 Å². The van der Waals surface area contributed by atoms with E-state index in [1.54, 1.807) is 25.4 Å². The maximum atomic E-state index is 11.4. The molecule has 7 nitrogen and oxygen atoms in total. The Hall–Kier alpha value is -2.44. The van der Waals surface area contributed by atoms with E-state index in [0.29, 0.717) is 23.9 Å². The second kappa shape index (κ2) is 6.14. The molecule has 1 amide bonds. The molecule has 0 atom stereocenters. The summed E-state index contributed by atoms with van der Waals surface area (Å²) in [4.78, 5) is 15.7. The standard InChI is InChI=1S/C13H17N5O2/c1-4-20-13(19)16-11-7-5-6-10(15-11)12-17-14-8-18(12)9(2)3/h5-9H,4H2,1-3H3,(H,15,16,19). The molecule has 0 aliphatic heterocycles. The lowest BCUT2D eigenvalue weighted by molar-refractivity contribution is 0.168. The summed E-state index contributed by atoms with van der Waals surface area (Å²) in [6.07, 6.45) is 1.13. The normalized spacial score (nSPS) is 10.6. The van der Waals surface area contributed by atoms with E-state index < -0.39 is 6.09 Å². The van der Waals surface area contributed by atoms with Crippen LogP contribution in [-0.4, -0.2) is 32.4 Å². The number of anilines is 1. The van der Waals surface area contributed by atoms with E-state index in [2.05, 4.69) is 20.5 Å². The highest BCUT2D eigenvalue weighted by Crippen LogP contribution is 2.19. The van der Waals surface area contributed by atoms with Crippen LogP contribution < -0.4 is 5.32 Å². The minimum Gasteiger partial charge on any atom is -0.450 e. The van der Waals surface area contributed by atoms with Crippen LogP contribution in [-0.2, 0) is 4.74 Å². The Labute approximate surface area is 117 Å². The molecule has 2 aromatic heterocycles. The zero-order chi connectivity index (χ0) is 14.5. The summed E-state index contributed by atoms with van der Waals surface area (Å²) in [5.74, 6) is 1.08. The monoisotopic (exact) mass is 275 g/mol. The minimum absolute atomic E-state index is 0.225. The van der Waals surface area contributed by atoms with Crippen molar-refractivity contribution < 1.29 is 9.53 Å². The number of carbonyl (C=O) groups excluding carboxylic acids is 1. The quantitative estimate of drug-likeness (QED) is 0.927. The van der Waals surface area contributed by atoms with Gasteiger partial charge in [0.25, 0.3) is 0 Å². The Balaban J connectivity index is 2.25. The van der Waals surface area contributed by atoms with Gasteiger partial charge in [0.2, 0.25) is 0 Å². The molecule has 0 aliphatic rings. The van der Waals surface area contributed by atoms with Gasteiger partial charge in [-0.05, 0) is 32.9 Å². The molecule has 2 heterocycles. The molecule has 20 heavy (non-hydrogen) atoms. The van der Waals surface area contributed by atoms with Crippen LogP contribution in [0.15, 0.2) is 24.5 Å². The lowest BCUT2D eigenvalue weighted by atomic mass is 10.3. The molecular formula is C13H17N5O2. The molecule has 0 aromatic carbocycles. The topological polar surface area (TPSA) is 81.9 Å². The summed E-state index contributed by atoms with van der Waals surface area (Å²) in [7, 11) is 0. The van der Waals surface area contributed by atoms with Crippen LogP contribution in [0.1, 0.15) is 26.8 Å². The van der Waals surface area contributed by atoms with Crippen molar-refractivity contribution in [1.82, 2.24) is 19.7 Å². The summed E-state index contributed by atoms with van der Waals surface area (Å²) < 4.78 is 6.73. The summed E-state index contributed by atoms with van der Waals surface area (Å²) in [5, 5.41) is 10.5. The summed E-state index contributed by atoms with van der Waals surface area (Å²) in [6, 6.07) is 5.53. The molecule has 0 aliphatic carbocycles. The number of nitrogens with zero attached hydrogens (tertiary/aromatic N) is 4. The van der Waals surface area contributed by atoms with Gasteiger partial charge in [0, 0.05) is 6.04 Å². The number of aromatic nitrogens is 4. The highest BCUT2D eigenvalue weighted by molar-refractivity contribution is 5.83. The van der Waals surface area contributed by atoms with Crippen molar-refractivity contribution >= 4 is 11.9 Å². The molecule has 0 saturated heterocycles. The van der Waals surface area contributed by atoms with Crippen LogP contribution in [0.4, 0.5) is 10.6 Å². The number of amides is 1. The highest BCUT2D eigenvalue weighted by Gasteiger charge is 2.12. The fourth-order valence-electron chi connectivity index (χ4n) is 1.70. The van der Waals surface area contributed by atoms with Gasteiger partial charge in [-0.1, -0.05) is 6.07 Å². The predicted molar refractivity (Wildman–Crippen MR) is 74.3 cm³/mol. The van der Waals surface area contributed by atoms with Crippen molar-refractivity contribution in [3.05, 3.63) is 24.5 Å². The van der Waals surface area contributed by atoms with Crippen molar-refractivity contribution in [2.24, 2.45) is 0 Å². The van der Waals surface area contributed by atoms with E-state index in [0.717, 1.165) is 0 Å². The van der Waals surface area contributed by atoms with Crippen molar-refractivity contribution in [3.8, 4) is 11.5 Å². The van der Waals surface area contributed by atoms with E-state index in [1.807, 2.05) is 24.5 Å². The van der Waals surface area contributed by atoms with Gasteiger partial charge in [0.1, 0.15) is 17.8 Å². The van der Waals surface area contributed by atoms with Crippen molar-refractivity contribution in [3.63, 3.8) is 0 Å². The van der Waals surface area contributed by atoms with Crippen LogP contribution >= 0.6 is 0 Å². The Bertz CT molecular complexity index is 594. The summed E-state index contributed by atoms with van der Waals surface area (Å²) >= 11 is 0. The first-order valence-corrected chi connectivity index (χ1v) is 6.42. The third kappa shape index (κ3) is 3.11. The number of ether oxygens (including phenoxy) is 1. The van der Waals surface area contributed by atoms with Crippen molar-refractivity contribution in [2.75, 3.05) is 11.9 Å². The van der Waals surface area contributed by atoms with Gasteiger partial charge in [0.05, 0.1) is 6.61 Å². The van der Waals surface area contributed by atoms with Gasteiger partial charge in [-0.15, -0.1) is 10.2 Å². The lowest BCUT2D eigenvalue weighted by Gasteiger charge is -2.10. The second-order valence-corrected chi connectivity index (χ2v) is 4.41. The van der Waals surface area contributed by atoms with Gasteiger partial charge in [0.15, 0.2) is 5.82 Å². The molecule has 2 rings (SSSR count). The Morgan fingerprint density at radius 2 is 2.25 bits per heavy atom. The molecule has 0 fully saturated rings. The van der Waals surface area contributed by atoms with Crippen LogP contribution in [0.5, 0.6) is 0 Å². The summed E-state index contributed by atoms with van der Waals surface area (Å²) in [6.45, 7) is 6.13. The smallest absolute Gasteiger partial charge is 0.412 e. The zero-order valence-corrected chi connectivity index (χ0v) is 11.7. The van der Waals surface area contributed by atoms with Gasteiger partial charge in [-0.3, -0.25) is 5.32 Å². The summed E-state index contributed by atoms with van der Waals surface area (Å²) in [5.41, 5.74) is 0.644. The van der Waals surface area contributed by atoms with E-state index in [-0.39, 0.29) is 6.04 Å². The average molecular weight is 275 g/mol. The molecule has 0 bridgehead atoms. The maximum absolute atomic E-state index is 11.4. The minimum atomic E-state index is -0.525. The lowest BCUT2D eigenvalue weighted by Crippen LogP contribution is -2.14. The van der Waals surface area contributed by atoms with Gasteiger partial charge in [-0.2, -0.15) is 0 Å². The Morgan fingerprint density at radius 1 is 1.45 bits per heavy atom. The SMILES string of the molecule is CCOC(=O)Nc1cccc(-c2nncn2C(C)C)n1. The number of hydrogen-bond donors (Lipinski definition) is 1. The largest absolute Gasteiger partial charge is 0.450 e. The highest BCUT2D eigenvalue weighted by atomic mass is 16.5. The molecule has 0 unspecified atom stereocenters. The Morgan fingerprint density at radius 3 is 2.95 bits per heavy atom. The second-order valence-electron chi connectivity index (χ2n) is 4.41. The number of hydrogen-bond acceptors (Lipinski definition) is 5. The number of nitrogens with one attached hydrogen (secondary N) is 1. The fraction of sp³-hybridized carbons (Fsp3) is 0.385.